The summed E-state index contributed by atoms with van der Waals surface area (Å²) in [6.45, 7) is 2.12. The molecular weight excluding hydrogens is 112 g/mol. The van der Waals surface area contributed by atoms with Crippen LogP contribution in [0.2, 0.25) is 0 Å². The summed E-state index contributed by atoms with van der Waals surface area (Å²) in [5.74, 6) is 0. The molecule has 2 heteroatoms. The van der Waals surface area contributed by atoms with Crippen molar-refractivity contribution >= 4 is 6.21 Å². The minimum Gasteiger partial charge on any atom is -0.404 e. The van der Waals surface area contributed by atoms with Gasteiger partial charge in [-0.3, -0.25) is 4.99 Å². The molecule has 0 aromatic rings. The summed E-state index contributed by atoms with van der Waals surface area (Å²) < 4.78 is 0. The van der Waals surface area contributed by atoms with Crippen molar-refractivity contribution in [2.75, 3.05) is 7.05 Å². The van der Waals surface area contributed by atoms with Gasteiger partial charge in [-0.05, 0) is 18.2 Å². The van der Waals surface area contributed by atoms with Crippen molar-refractivity contribution in [1.82, 2.24) is 0 Å². The number of aliphatic imine (C=N–C) groups is 1. The molecule has 0 aliphatic rings. The Labute approximate surface area is 56.5 Å². The van der Waals surface area contributed by atoms with Crippen LogP contribution < -0.4 is 5.73 Å². The summed E-state index contributed by atoms with van der Waals surface area (Å²) in [6.07, 6.45) is 5.54. The number of hydrogen-bond acceptors (Lipinski definition) is 2. The summed E-state index contributed by atoms with van der Waals surface area (Å²) in [7, 11) is 1.75. The van der Waals surface area contributed by atoms with Gasteiger partial charge in [0.1, 0.15) is 0 Å². The number of rotatable bonds is 3. The molecule has 2 N–H and O–H groups in total. The Hall–Kier alpha value is -0.790. The first-order chi connectivity index (χ1) is 4.35. The van der Waals surface area contributed by atoms with Gasteiger partial charge < -0.3 is 5.73 Å². The zero-order valence-electron chi connectivity index (χ0n) is 6.09. The van der Waals surface area contributed by atoms with Crippen molar-refractivity contribution in [2.24, 2.45) is 10.7 Å². The van der Waals surface area contributed by atoms with Gasteiger partial charge in [0.25, 0.3) is 0 Å². The zero-order valence-corrected chi connectivity index (χ0v) is 6.09. The minimum absolute atomic E-state index is 1.02. The maximum absolute atomic E-state index is 5.29. The molecule has 2 nitrogen and oxygen atoms in total. The second-order valence-corrected chi connectivity index (χ2v) is 1.88. The van der Waals surface area contributed by atoms with Crippen LogP contribution in [0.1, 0.15) is 19.8 Å². The lowest BCUT2D eigenvalue weighted by molar-refractivity contribution is 0.935. The standard InChI is InChI=1S/C7H14N2/c1-3-4-7(5-8)6-9-2/h5-6H,3-4,8H2,1-2H3/b7-5-,9-6?. The Morgan fingerprint density at radius 3 is 2.67 bits per heavy atom. The van der Waals surface area contributed by atoms with E-state index in [1.807, 2.05) is 0 Å². The third kappa shape index (κ3) is 3.76. The first-order valence-corrected chi connectivity index (χ1v) is 3.18. The van der Waals surface area contributed by atoms with Crippen LogP contribution in [-0.4, -0.2) is 13.3 Å². The van der Waals surface area contributed by atoms with Gasteiger partial charge in [0.2, 0.25) is 0 Å². The summed E-state index contributed by atoms with van der Waals surface area (Å²) in [6, 6.07) is 0. The molecule has 0 spiro atoms. The highest BCUT2D eigenvalue weighted by Gasteiger charge is 1.86. The van der Waals surface area contributed by atoms with Crippen LogP contribution in [0.4, 0.5) is 0 Å². The topological polar surface area (TPSA) is 38.4 Å². The van der Waals surface area contributed by atoms with Gasteiger partial charge in [0.15, 0.2) is 0 Å². The highest BCUT2D eigenvalue weighted by Crippen LogP contribution is 1.98. The summed E-state index contributed by atoms with van der Waals surface area (Å²) >= 11 is 0. The van der Waals surface area contributed by atoms with Crippen LogP contribution in [-0.2, 0) is 0 Å². The fraction of sp³-hybridized carbons (Fsp3) is 0.571. The summed E-state index contributed by atoms with van der Waals surface area (Å²) in [5.41, 5.74) is 6.40. The molecule has 9 heavy (non-hydrogen) atoms. The fourth-order valence-corrected chi connectivity index (χ4v) is 0.645. The van der Waals surface area contributed by atoms with Crippen LogP contribution in [0.5, 0.6) is 0 Å². The lowest BCUT2D eigenvalue weighted by Crippen LogP contribution is -1.89. The Morgan fingerprint density at radius 2 is 2.33 bits per heavy atom. The van der Waals surface area contributed by atoms with Crippen molar-refractivity contribution in [3.8, 4) is 0 Å². The number of nitrogens with two attached hydrogens (primary N) is 1. The zero-order chi connectivity index (χ0) is 7.11. The predicted octanol–water partition coefficient (Wildman–Crippen LogP) is 1.33. The SMILES string of the molecule is CCC/C(C=NC)=C/N. The molecule has 0 aliphatic carbocycles. The Balaban J connectivity index is 3.70. The quantitative estimate of drug-likeness (QED) is 0.569. The number of hydrogen-bond donors (Lipinski definition) is 1. The fourth-order valence-electron chi connectivity index (χ4n) is 0.645. The van der Waals surface area contributed by atoms with Crippen LogP contribution in [0.3, 0.4) is 0 Å². The van der Waals surface area contributed by atoms with Crippen LogP contribution >= 0.6 is 0 Å². The Morgan fingerprint density at radius 1 is 1.67 bits per heavy atom. The molecule has 0 rings (SSSR count). The second kappa shape index (κ2) is 5.35. The first-order valence-electron chi connectivity index (χ1n) is 3.18. The van der Waals surface area contributed by atoms with Gasteiger partial charge in [-0.25, -0.2) is 0 Å². The molecule has 0 amide bonds. The van der Waals surface area contributed by atoms with E-state index >= 15 is 0 Å². The molecule has 0 aromatic carbocycles. The number of allylic oxidation sites excluding steroid dienone is 1. The maximum Gasteiger partial charge on any atom is 0.0277 e. The largest absolute Gasteiger partial charge is 0.404 e. The third-order valence-electron chi connectivity index (χ3n) is 1.05. The average molecular weight is 126 g/mol. The van der Waals surface area contributed by atoms with E-state index in [-0.39, 0.29) is 0 Å². The first kappa shape index (κ1) is 8.21. The molecule has 0 saturated carbocycles. The normalized spacial score (nSPS) is 12.9. The molecule has 0 aromatic heterocycles. The van der Waals surface area contributed by atoms with Gasteiger partial charge in [0.05, 0.1) is 0 Å². The third-order valence-corrected chi connectivity index (χ3v) is 1.05. The van der Waals surface area contributed by atoms with Gasteiger partial charge in [0, 0.05) is 13.3 Å². The van der Waals surface area contributed by atoms with Gasteiger partial charge in [-0.2, -0.15) is 0 Å². The van der Waals surface area contributed by atoms with Crippen LogP contribution in [0.25, 0.3) is 0 Å². The van der Waals surface area contributed by atoms with Crippen LogP contribution in [0.15, 0.2) is 16.8 Å². The minimum atomic E-state index is 1.02. The predicted molar refractivity (Wildman–Crippen MR) is 41.6 cm³/mol. The van der Waals surface area contributed by atoms with Crippen molar-refractivity contribution in [3.63, 3.8) is 0 Å². The molecule has 0 saturated heterocycles. The molecule has 0 aliphatic heterocycles. The molecule has 0 bridgehead atoms. The molecule has 0 atom stereocenters. The van der Waals surface area contributed by atoms with E-state index in [2.05, 4.69) is 11.9 Å². The second-order valence-electron chi connectivity index (χ2n) is 1.88. The molecule has 52 valence electrons. The van der Waals surface area contributed by atoms with E-state index in [1.54, 1.807) is 19.5 Å². The average Bonchev–Trinajstić information content (AvgIpc) is 1.88. The maximum atomic E-state index is 5.29. The molecule has 0 unspecified atom stereocenters. The molecular formula is C7H14N2. The lowest BCUT2D eigenvalue weighted by atomic mass is 10.2. The summed E-state index contributed by atoms with van der Waals surface area (Å²) in [5, 5.41) is 0. The smallest absolute Gasteiger partial charge is 0.0277 e. The van der Waals surface area contributed by atoms with Crippen molar-refractivity contribution in [1.29, 1.82) is 0 Å². The highest BCUT2D eigenvalue weighted by atomic mass is 14.6. The van der Waals surface area contributed by atoms with Crippen molar-refractivity contribution in [3.05, 3.63) is 11.8 Å². The van der Waals surface area contributed by atoms with Crippen molar-refractivity contribution in [2.45, 2.75) is 19.8 Å². The molecule has 0 fully saturated rings. The van der Waals surface area contributed by atoms with Crippen molar-refractivity contribution < 1.29 is 0 Å². The van der Waals surface area contributed by atoms with E-state index in [0.717, 1.165) is 18.4 Å². The lowest BCUT2D eigenvalue weighted by Gasteiger charge is -1.93. The molecule has 0 radical (unpaired) electrons. The van der Waals surface area contributed by atoms with Gasteiger partial charge in [-0.15, -0.1) is 0 Å². The van der Waals surface area contributed by atoms with Crippen LogP contribution in [0, 0.1) is 0 Å². The Kier molecular flexibility index (Phi) is 4.88. The van der Waals surface area contributed by atoms with E-state index in [0.29, 0.717) is 0 Å². The highest BCUT2D eigenvalue weighted by molar-refractivity contribution is 5.77. The van der Waals surface area contributed by atoms with E-state index in [1.165, 1.54) is 0 Å². The monoisotopic (exact) mass is 126 g/mol. The van der Waals surface area contributed by atoms with Gasteiger partial charge in [-0.1, -0.05) is 13.3 Å². The van der Waals surface area contributed by atoms with Gasteiger partial charge >= 0.3 is 0 Å². The van der Waals surface area contributed by atoms with E-state index in [4.69, 9.17) is 5.73 Å². The molecule has 0 heterocycles. The van der Waals surface area contributed by atoms with E-state index < -0.39 is 0 Å². The van der Waals surface area contributed by atoms with E-state index in [9.17, 15) is 0 Å². The Bertz CT molecular complexity index is 114. The summed E-state index contributed by atoms with van der Waals surface area (Å²) in [4.78, 5) is 3.85. The number of nitrogens with zero attached hydrogens (tertiary/aromatic N) is 1.